The van der Waals surface area contributed by atoms with Crippen LogP contribution >= 0.6 is 22.6 Å². The number of nitrogens with one attached hydrogen (secondary N) is 1. The van der Waals surface area contributed by atoms with Crippen LogP contribution in [-0.2, 0) is 14.2 Å². The number of halogens is 1. The molecule has 0 aromatic heterocycles. The maximum atomic E-state index is 12.2. The van der Waals surface area contributed by atoms with Crippen molar-refractivity contribution in [2.75, 3.05) is 13.9 Å². The van der Waals surface area contributed by atoms with E-state index >= 15 is 0 Å². The number of ether oxygens (including phenoxy) is 3. The maximum Gasteiger partial charge on any atom is 0.407 e. The summed E-state index contributed by atoms with van der Waals surface area (Å²) in [7, 11) is 1.58. The number of carbonyl (C=O) groups excluding carboxylic acids is 1. The van der Waals surface area contributed by atoms with Gasteiger partial charge in [0.1, 0.15) is 19.0 Å². The Kier molecular flexibility index (Phi) is 8.28. The van der Waals surface area contributed by atoms with Crippen molar-refractivity contribution in [1.82, 2.24) is 5.32 Å². The quantitative estimate of drug-likeness (QED) is 0.498. The van der Waals surface area contributed by atoms with E-state index in [1.54, 1.807) is 7.11 Å². The summed E-state index contributed by atoms with van der Waals surface area (Å²) in [5, 5.41) is 2.98. The molecule has 0 saturated heterocycles. The molecule has 1 aromatic rings. The Morgan fingerprint density at radius 1 is 1.29 bits per heavy atom. The van der Waals surface area contributed by atoms with E-state index in [9.17, 15) is 4.79 Å². The number of hydrogen-bond donors (Lipinski definition) is 1. The number of methoxy groups -OCH3 is 1. The fraction of sp³-hybridized carbons (Fsp3) is 0.611. The van der Waals surface area contributed by atoms with Crippen LogP contribution < -0.4 is 5.32 Å². The summed E-state index contributed by atoms with van der Waals surface area (Å²) < 4.78 is 17.5. The van der Waals surface area contributed by atoms with E-state index in [4.69, 9.17) is 14.2 Å². The molecule has 0 unspecified atom stereocenters. The van der Waals surface area contributed by atoms with Crippen molar-refractivity contribution >= 4 is 28.7 Å². The predicted octanol–water partition coefficient (Wildman–Crippen LogP) is 4.40. The molecule has 1 aliphatic rings. The number of amides is 1. The minimum atomic E-state index is -0.417. The van der Waals surface area contributed by atoms with Gasteiger partial charge in [0.15, 0.2) is 0 Å². The Morgan fingerprint density at radius 3 is 2.67 bits per heavy atom. The minimum absolute atomic E-state index is 0.146. The summed E-state index contributed by atoms with van der Waals surface area (Å²) >= 11 is 2.26. The first-order chi connectivity index (χ1) is 11.6. The Balaban J connectivity index is 1.97. The van der Waals surface area contributed by atoms with Crippen LogP contribution in [0.4, 0.5) is 4.79 Å². The summed E-state index contributed by atoms with van der Waals surface area (Å²) in [5.41, 5.74) is 0.994. The van der Waals surface area contributed by atoms with E-state index in [-0.39, 0.29) is 25.0 Å². The molecule has 24 heavy (non-hydrogen) atoms. The zero-order chi connectivity index (χ0) is 17.4. The van der Waals surface area contributed by atoms with E-state index in [0.29, 0.717) is 0 Å². The molecule has 0 heterocycles. The molecule has 0 spiro atoms. The average Bonchev–Trinajstić information content (AvgIpc) is 2.57. The van der Waals surface area contributed by atoms with Crippen molar-refractivity contribution in [2.45, 2.75) is 57.3 Å². The number of hydrogen-bond acceptors (Lipinski definition) is 4. The Morgan fingerprint density at radius 2 is 2.00 bits per heavy atom. The second kappa shape index (κ2) is 10.2. The molecular weight excluding hydrogens is 421 g/mol. The highest BCUT2D eigenvalue weighted by molar-refractivity contribution is 14.1. The monoisotopic (exact) mass is 447 g/mol. The fourth-order valence-electron chi connectivity index (χ4n) is 3.00. The van der Waals surface area contributed by atoms with Crippen molar-refractivity contribution in [3.8, 4) is 0 Å². The third-order valence-electron chi connectivity index (χ3n) is 4.22. The molecule has 0 aliphatic heterocycles. The van der Waals surface area contributed by atoms with Crippen molar-refractivity contribution in [3.05, 3.63) is 33.4 Å². The maximum absolute atomic E-state index is 12.2. The largest absolute Gasteiger partial charge is 0.443 e. The lowest BCUT2D eigenvalue weighted by molar-refractivity contribution is -0.112. The standard InChI is InChI=1S/C18H26INO4/c1-13(24-18(21)20-14-8-4-3-5-9-14)17(23-12-22-2)15-10-6-7-11-16(15)19/h6-7,10-11,13-14,17H,3-5,8-9,12H2,1-2H3,(H,20,21)/t13-,17+/m0/s1. The summed E-state index contributed by atoms with van der Waals surface area (Å²) in [6.45, 7) is 2.00. The van der Waals surface area contributed by atoms with Crippen LogP contribution in [0, 0.1) is 3.57 Å². The van der Waals surface area contributed by atoms with Crippen LogP contribution in [-0.4, -0.2) is 32.1 Å². The molecule has 2 rings (SSSR count). The van der Waals surface area contributed by atoms with E-state index in [0.717, 1.165) is 22.0 Å². The molecule has 1 fully saturated rings. The molecule has 2 atom stereocenters. The number of rotatable bonds is 7. The molecule has 1 amide bonds. The first-order valence-electron chi connectivity index (χ1n) is 8.44. The average molecular weight is 447 g/mol. The van der Waals surface area contributed by atoms with Crippen molar-refractivity contribution in [3.63, 3.8) is 0 Å². The highest BCUT2D eigenvalue weighted by Gasteiger charge is 2.26. The van der Waals surface area contributed by atoms with E-state index in [1.165, 1.54) is 19.3 Å². The predicted molar refractivity (Wildman–Crippen MR) is 101 cm³/mol. The molecule has 5 nitrogen and oxygen atoms in total. The number of carbonyl (C=O) groups is 1. The van der Waals surface area contributed by atoms with Gasteiger partial charge in [-0.2, -0.15) is 0 Å². The van der Waals surface area contributed by atoms with Crippen molar-refractivity contribution in [2.24, 2.45) is 0 Å². The van der Waals surface area contributed by atoms with Crippen molar-refractivity contribution < 1.29 is 19.0 Å². The normalized spacial score (nSPS) is 18.0. The molecule has 1 aliphatic carbocycles. The van der Waals surface area contributed by atoms with Gasteiger partial charge in [0.05, 0.1) is 0 Å². The topological polar surface area (TPSA) is 56.8 Å². The van der Waals surface area contributed by atoms with Crippen LogP contribution in [0.1, 0.15) is 50.7 Å². The first kappa shape index (κ1) is 19.5. The van der Waals surface area contributed by atoms with Gasteiger partial charge < -0.3 is 19.5 Å². The lowest BCUT2D eigenvalue weighted by Gasteiger charge is -2.27. The van der Waals surface area contributed by atoms with Gasteiger partial charge in [-0.25, -0.2) is 4.79 Å². The Hall–Kier alpha value is -0.860. The second-order valence-electron chi connectivity index (χ2n) is 6.11. The molecule has 6 heteroatoms. The third kappa shape index (κ3) is 5.89. The minimum Gasteiger partial charge on any atom is -0.443 e. The lowest BCUT2D eigenvalue weighted by atomic mass is 9.96. The Bertz CT molecular complexity index is 519. The molecule has 1 aromatic carbocycles. The molecular formula is C18H26INO4. The highest BCUT2D eigenvalue weighted by atomic mass is 127. The first-order valence-corrected chi connectivity index (χ1v) is 9.51. The molecule has 0 bridgehead atoms. The van der Waals surface area contributed by atoms with Crippen molar-refractivity contribution in [1.29, 1.82) is 0 Å². The van der Waals surface area contributed by atoms with Gasteiger partial charge in [-0.05, 0) is 54.0 Å². The SMILES string of the molecule is COCO[C@@H](c1ccccc1I)[C@H](C)OC(=O)NC1CCCCC1. The van der Waals surface area contributed by atoms with Gasteiger partial charge in [0, 0.05) is 16.7 Å². The Labute approximate surface area is 157 Å². The van der Waals surface area contributed by atoms with Crippen LogP contribution in [0.15, 0.2) is 24.3 Å². The zero-order valence-electron chi connectivity index (χ0n) is 14.3. The van der Waals surface area contributed by atoms with E-state index < -0.39 is 6.10 Å². The van der Waals surface area contributed by atoms with E-state index in [1.807, 2.05) is 31.2 Å². The molecule has 0 radical (unpaired) electrons. The lowest BCUT2D eigenvalue weighted by Crippen LogP contribution is -2.39. The number of benzene rings is 1. The van der Waals surface area contributed by atoms with E-state index in [2.05, 4.69) is 27.9 Å². The van der Waals surface area contributed by atoms with Gasteiger partial charge in [0.2, 0.25) is 0 Å². The van der Waals surface area contributed by atoms with Gasteiger partial charge in [-0.1, -0.05) is 37.5 Å². The van der Waals surface area contributed by atoms with Gasteiger partial charge in [0.25, 0.3) is 0 Å². The summed E-state index contributed by atoms with van der Waals surface area (Å²) in [6, 6.07) is 8.15. The smallest absolute Gasteiger partial charge is 0.407 e. The fourth-order valence-corrected chi connectivity index (χ4v) is 3.70. The zero-order valence-corrected chi connectivity index (χ0v) is 16.5. The third-order valence-corrected chi connectivity index (χ3v) is 5.21. The highest BCUT2D eigenvalue weighted by Crippen LogP contribution is 2.28. The second-order valence-corrected chi connectivity index (χ2v) is 7.27. The van der Waals surface area contributed by atoms with Crippen LogP contribution in [0.2, 0.25) is 0 Å². The van der Waals surface area contributed by atoms with Crippen LogP contribution in [0.5, 0.6) is 0 Å². The van der Waals surface area contributed by atoms with Gasteiger partial charge >= 0.3 is 6.09 Å². The molecule has 1 saturated carbocycles. The van der Waals surface area contributed by atoms with Crippen LogP contribution in [0.25, 0.3) is 0 Å². The molecule has 1 N–H and O–H groups in total. The number of alkyl carbamates (subject to hydrolysis) is 1. The summed E-state index contributed by atoms with van der Waals surface area (Å²) in [4.78, 5) is 12.2. The van der Waals surface area contributed by atoms with Gasteiger partial charge in [-0.15, -0.1) is 0 Å². The molecule has 134 valence electrons. The summed E-state index contributed by atoms with van der Waals surface area (Å²) in [6.07, 6.45) is 4.50. The van der Waals surface area contributed by atoms with Crippen LogP contribution in [0.3, 0.4) is 0 Å². The summed E-state index contributed by atoms with van der Waals surface area (Å²) in [5.74, 6) is 0. The van der Waals surface area contributed by atoms with Gasteiger partial charge in [-0.3, -0.25) is 0 Å².